The molecule has 0 spiro atoms. The first kappa shape index (κ1) is 15.8. The number of aromatic hydroxyl groups is 1. The summed E-state index contributed by atoms with van der Waals surface area (Å²) in [5.74, 6) is 0.821. The Labute approximate surface area is 149 Å². The van der Waals surface area contributed by atoms with Crippen molar-refractivity contribution in [2.24, 2.45) is 0 Å². The molecule has 3 N–H and O–H groups in total. The quantitative estimate of drug-likeness (QED) is 0.671. The summed E-state index contributed by atoms with van der Waals surface area (Å²) < 4.78 is 0.973. The number of hydrogen-bond acceptors (Lipinski definition) is 7. The van der Waals surface area contributed by atoms with Gasteiger partial charge in [0.2, 0.25) is 0 Å². The van der Waals surface area contributed by atoms with Crippen molar-refractivity contribution in [3.05, 3.63) is 35.2 Å². The molecule has 3 heterocycles. The van der Waals surface area contributed by atoms with Crippen molar-refractivity contribution >= 4 is 27.2 Å². The van der Waals surface area contributed by atoms with E-state index >= 15 is 0 Å². The maximum atomic E-state index is 10.3. The van der Waals surface area contributed by atoms with Gasteiger partial charge in [0.25, 0.3) is 0 Å². The number of rotatable bonds is 3. The Bertz CT molecular complexity index is 956. The van der Waals surface area contributed by atoms with Gasteiger partial charge in [-0.15, -0.1) is 21.5 Å². The first-order valence-electron chi connectivity index (χ1n) is 8.21. The fourth-order valence-electron chi connectivity index (χ4n) is 3.13. The van der Waals surface area contributed by atoms with Crippen molar-refractivity contribution in [3.8, 4) is 23.1 Å². The van der Waals surface area contributed by atoms with Crippen molar-refractivity contribution in [2.45, 2.75) is 18.9 Å². The highest BCUT2D eigenvalue weighted by Crippen LogP contribution is 2.37. The third-order valence-corrected chi connectivity index (χ3v) is 5.33. The van der Waals surface area contributed by atoms with E-state index in [2.05, 4.69) is 20.8 Å². The maximum Gasteiger partial charge on any atom is 0.157 e. The van der Waals surface area contributed by atoms with Crippen molar-refractivity contribution in [2.75, 3.05) is 18.4 Å². The van der Waals surface area contributed by atoms with E-state index in [4.69, 9.17) is 5.26 Å². The molecule has 1 aliphatic heterocycles. The molecule has 1 atom stereocenters. The highest BCUT2D eigenvalue weighted by molar-refractivity contribution is 7.17. The van der Waals surface area contributed by atoms with Gasteiger partial charge in [-0.05, 0) is 49.0 Å². The summed E-state index contributed by atoms with van der Waals surface area (Å²) in [7, 11) is 0. The van der Waals surface area contributed by atoms with Crippen LogP contribution in [0.2, 0.25) is 0 Å². The summed E-state index contributed by atoms with van der Waals surface area (Å²) in [4.78, 5) is 0. The molecule has 126 valence electrons. The van der Waals surface area contributed by atoms with E-state index < -0.39 is 0 Å². The SMILES string of the molecule is N#Cc1ccc(-c2nnc(N[C@@H]3CCCNC3)c3ccsc23)c(O)c1. The number of thiophene rings is 1. The Morgan fingerprint density at radius 2 is 2.24 bits per heavy atom. The highest BCUT2D eigenvalue weighted by atomic mass is 32.1. The number of nitrogens with one attached hydrogen (secondary N) is 2. The highest BCUT2D eigenvalue weighted by Gasteiger charge is 2.18. The number of hydrogen-bond donors (Lipinski definition) is 3. The number of nitriles is 1. The van der Waals surface area contributed by atoms with Crippen LogP contribution < -0.4 is 10.6 Å². The van der Waals surface area contributed by atoms with Crippen LogP contribution in [0.15, 0.2) is 29.6 Å². The van der Waals surface area contributed by atoms with Gasteiger partial charge in [-0.25, -0.2) is 0 Å². The molecule has 0 saturated carbocycles. The van der Waals surface area contributed by atoms with Crippen LogP contribution in [-0.2, 0) is 0 Å². The number of piperidine rings is 1. The summed E-state index contributed by atoms with van der Waals surface area (Å²) in [5, 5.41) is 37.8. The molecule has 4 rings (SSSR count). The zero-order valence-corrected chi connectivity index (χ0v) is 14.3. The molecule has 6 nitrogen and oxygen atoms in total. The molecule has 0 radical (unpaired) electrons. The molecule has 0 amide bonds. The number of nitrogens with zero attached hydrogens (tertiary/aromatic N) is 3. The molecule has 2 aromatic heterocycles. The molecule has 0 unspecified atom stereocenters. The fourth-order valence-corrected chi connectivity index (χ4v) is 4.03. The van der Waals surface area contributed by atoms with Crippen molar-refractivity contribution in [1.29, 1.82) is 5.26 Å². The normalized spacial score (nSPS) is 17.3. The molecule has 1 aromatic carbocycles. The van der Waals surface area contributed by atoms with Gasteiger partial charge in [-0.3, -0.25) is 0 Å². The van der Waals surface area contributed by atoms with Crippen LogP contribution >= 0.6 is 11.3 Å². The number of anilines is 1. The van der Waals surface area contributed by atoms with E-state index in [1.807, 2.05) is 17.5 Å². The Morgan fingerprint density at radius 3 is 3.00 bits per heavy atom. The van der Waals surface area contributed by atoms with Crippen LogP contribution in [0.1, 0.15) is 18.4 Å². The van der Waals surface area contributed by atoms with Gasteiger partial charge in [-0.2, -0.15) is 5.26 Å². The third kappa shape index (κ3) is 3.02. The van der Waals surface area contributed by atoms with Crippen LogP contribution in [0.25, 0.3) is 21.3 Å². The Kier molecular flexibility index (Phi) is 4.22. The number of phenolic OH excluding ortho intramolecular Hbond substituents is 1. The van der Waals surface area contributed by atoms with Crippen LogP contribution in [0, 0.1) is 11.3 Å². The predicted octanol–water partition coefficient (Wildman–Crippen LogP) is 3.10. The molecule has 1 aliphatic rings. The van der Waals surface area contributed by atoms with Crippen LogP contribution in [0.3, 0.4) is 0 Å². The smallest absolute Gasteiger partial charge is 0.157 e. The molecule has 25 heavy (non-hydrogen) atoms. The summed E-state index contributed by atoms with van der Waals surface area (Å²) in [6.07, 6.45) is 2.26. The lowest BCUT2D eigenvalue weighted by atomic mass is 10.1. The lowest BCUT2D eigenvalue weighted by molar-refractivity contribution is 0.476. The van der Waals surface area contributed by atoms with E-state index in [-0.39, 0.29) is 5.75 Å². The summed E-state index contributed by atoms with van der Waals surface area (Å²) in [5.41, 5.74) is 1.64. The average molecular weight is 351 g/mol. The summed E-state index contributed by atoms with van der Waals surface area (Å²) >= 11 is 1.57. The first-order chi connectivity index (χ1) is 12.3. The van der Waals surface area contributed by atoms with Gasteiger partial charge in [0, 0.05) is 23.5 Å². The zero-order valence-electron chi connectivity index (χ0n) is 13.5. The molecule has 0 bridgehead atoms. The largest absolute Gasteiger partial charge is 0.507 e. The molecule has 0 aliphatic carbocycles. The molecule has 1 fully saturated rings. The minimum absolute atomic E-state index is 0.0419. The molecular weight excluding hydrogens is 334 g/mol. The molecular formula is C18H17N5OS. The summed E-state index contributed by atoms with van der Waals surface area (Å²) in [6.45, 7) is 1.99. The lowest BCUT2D eigenvalue weighted by Crippen LogP contribution is -2.38. The standard InChI is InChI=1S/C18H17N5OS/c19-9-11-3-4-13(15(24)8-11)16-17-14(5-7-25-17)18(23-22-16)21-12-2-1-6-20-10-12/h3-5,7-8,12,20,24H,1-2,6,10H2,(H,21,23)/t12-/m1/s1. The van der Waals surface area contributed by atoms with Gasteiger partial charge in [0.15, 0.2) is 5.82 Å². The molecule has 3 aromatic rings. The van der Waals surface area contributed by atoms with E-state index in [0.717, 1.165) is 41.8 Å². The van der Waals surface area contributed by atoms with Gasteiger partial charge in [-0.1, -0.05) is 0 Å². The maximum absolute atomic E-state index is 10.3. The predicted molar refractivity (Wildman–Crippen MR) is 98.7 cm³/mol. The van der Waals surface area contributed by atoms with Crippen LogP contribution in [0.5, 0.6) is 5.75 Å². The second kappa shape index (κ2) is 6.67. The minimum atomic E-state index is 0.0419. The van der Waals surface area contributed by atoms with E-state index in [1.165, 1.54) is 6.07 Å². The average Bonchev–Trinajstić information content (AvgIpc) is 3.13. The zero-order chi connectivity index (χ0) is 17.2. The Hall–Kier alpha value is -2.69. The van der Waals surface area contributed by atoms with Crippen molar-refractivity contribution in [1.82, 2.24) is 15.5 Å². The summed E-state index contributed by atoms with van der Waals surface area (Å²) in [6, 6.07) is 9.25. The number of phenols is 1. The van der Waals surface area contributed by atoms with Crippen molar-refractivity contribution < 1.29 is 5.11 Å². The number of benzene rings is 1. The number of aromatic nitrogens is 2. The lowest BCUT2D eigenvalue weighted by Gasteiger charge is -2.24. The first-order valence-corrected chi connectivity index (χ1v) is 9.09. The van der Waals surface area contributed by atoms with Crippen molar-refractivity contribution in [3.63, 3.8) is 0 Å². The second-order valence-corrected chi connectivity index (χ2v) is 7.01. The van der Waals surface area contributed by atoms with Crippen LogP contribution in [0.4, 0.5) is 5.82 Å². The fraction of sp³-hybridized carbons (Fsp3) is 0.278. The van der Waals surface area contributed by atoms with E-state index in [0.29, 0.717) is 22.9 Å². The molecule has 7 heteroatoms. The third-order valence-electron chi connectivity index (χ3n) is 4.41. The second-order valence-electron chi connectivity index (χ2n) is 6.09. The van der Waals surface area contributed by atoms with Gasteiger partial charge < -0.3 is 15.7 Å². The molecule has 1 saturated heterocycles. The Morgan fingerprint density at radius 1 is 1.32 bits per heavy atom. The van der Waals surface area contributed by atoms with E-state index in [1.54, 1.807) is 23.5 Å². The van der Waals surface area contributed by atoms with Gasteiger partial charge in [0.05, 0.1) is 16.3 Å². The Balaban J connectivity index is 1.74. The monoisotopic (exact) mass is 351 g/mol. The van der Waals surface area contributed by atoms with Gasteiger partial charge in [0.1, 0.15) is 11.4 Å². The van der Waals surface area contributed by atoms with Crippen LogP contribution in [-0.4, -0.2) is 34.4 Å². The van der Waals surface area contributed by atoms with E-state index in [9.17, 15) is 5.11 Å². The topological polar surface area (TPSA) is 93.9 Å². The minimum Gasteiger partial charge on any atom is -0.507 e. The van der Waals surface area contributed by atoms with Gasteiger partial charge >= 0.3 is 0 Å². The number of fused-ring (bicyclic) bond motifs is 1.